The number of nitrogens with zero attached hydrogens (tertiary/aromatic N) is 3. The zero-order valence-corrected chi connectivity index (χ0v) is 21.3. The summed E-state index contributed by atoms with van der Waals surface area (Å²) in [5.74, 6) is -0.250. The van der Waals surface area contributed by atoms with Crippen LogP contribution in [-0.2, 0) is 32.7 Å². The van der Waals surface area contributed by atoms with Gasteiger partial charge in [0.15, 0.2) is 0 Å². The molecule has 0 aliphatic carbocycles. The van der Waals surface area contributed by atoms with Crippen molar-refractivity contribution < 1.29 is 22.7 Å². The number of carbonyl (C=O) groups excluding carboxylic acids is 2. The summed E-state index contributed by atoms with van der Waals surface area (Å²) in [5.41, 5.74) is 2.17. The van der Waals surface area contributed by atoms with Crippen LogP contribution in [0.25, 0.3) is 0 Å². The molecule has 0 fully saturated rings. The molecule has 1 aromatic heterocycles. The van der Waals surface area contributed by atoms with E-state index in [9.17, 15) is 18.0 Å². The molecule has 0 unspecified atom stereocenters. The molecular formula is C26H30N4O5S. The minimum atomic E-state index is -3.61. The van der Waals surface area contributed by atoms with E-state index in [1.165, 1.54) is 11.9 Å². The number of hydrogen-bond donors (Lipinski definition) is 1. The maximum absolute atomic E-state index is 13.6. The second kappa shape index (κ2) is 12.3. The molecule has 1 heterocycles. The second-order valence-electron chi connectivity index (χ2n) is 8.28. The van der Waals surface area contributed by atoms with Crippen LogP contribution in [0.5, 0.6) is 5.75 Å². The smallest absolute Gasteiger partial charge is 0.247 e. The van der Waals surface area contributed by atoms with E-state index >= 15 is 0 Å². The van der Waals surface area contributed by atoms with Gasteiger partial charge in [0.1, 0.15) is 11.8 Å². The molecule has 0 spiro atoms. The van der Waals surface area contributed by atoms with Gasteiger partial charge in [-0.3, -0.25) is 14.6 Å². The molecule has 1 atom stereocenters. The second-order valence-corrected chi connectivity index (χ2v) is 10.4. The van der Waals surface area contributed by atoms with Crippen LogP contribution < -0.4 is 10.1 Å². The van der Waals surface area contributed by atoms with Gasteiger partial charge in [-0.2, -0.15) is 4.31 Å². The largest absolute Gasteiger partial charge is 0.497 e. The number of ether oxygens (including phenoxy) is 1. The number of hydrogen-bond acceptors (Lipinski definition) is 6. The zero-order valence-electron chi connectivity index (χ0n) is 20.5. The molecule has 1 N–H and O–H groups in total. The fraction of sp³-hybridized carbons (Fsp3) is 0.269. The minimum Gasteiger partial charge on any atom is -0.497 e. The lowest BCUT2D eigenvalue weighted by Crippen LogP contribution is -2.47. The average Bonchev–Trinajstić information content (AvgIpc) is 2.88. The maximum atomic E-state index is 13.6. The zero-order chi connectivity index (χ0) is 26.1. The van der Waals surface area contributed by atoms with Crippen LogP contribution in [0.3, 0.4) is 0 Å². The summed E-state index contributed by atoms with van der Waals surface area (Å²) in [6.45, 7) is -0.0989. The third-order valence-corrected chi connectivity index (χ3v) is 6.88. The van der Waals surface area contributed by atoms with Gasteiger partial charge in [-0.05, 0) is 34.9 Å². The number of likely N-dealkylation sites (N-methyl/N-ethyl adjacent to an activating group) is 1. The van der Waals surface area contributed by atoms with Crippen LogP contribution in [0.15, 0.2) is 79.1 Å². The molecule has 190 valence electrons. The van der Waals surface area contributed by atoms with E-state index in [4.69, 9.17) is 4.74 Å². The third-order valence-electron chi connectivity index (χ3n) is 5.62. The van der Waals surface area contributed by atoms with Gasteiger partial charge < -0.3 is 15.0 Å². The molecule has 3 rings (SSSR count). The van der Waals surface area contributed by atoms with E-state index in [2.05, 4.69) is 10.3 Å². The summed E-state index contributed by atoms with van der Waals surface area (Å²) in [4.78, 5) is 32.6. The van der Waals surface area contributed by atoms with Crippen molar-refractivity contribution in [1.29, 1.82) is 0 Å². The van der Waals surface area contributed by atoms with Gasteiger partial charge in [-0.15, -0.1) is 0 Å². The summed E-state index contributed by atoms with van der Waals surface area (Å²) < 4.78 is 30.2. The number of carbonyl (C=O) groups is 2. The minimum absolute atomic E-state index is 0.0836. The molecule has 9 nitrogen and oxygen atoms in total. The van der Waals surface area contributed by atoms with Gasteiger partial charge in [0.25, 0.3) is 0 Å². The number of amides is 2. The first-order chi connectivity index (χ1) is 17.2. The summed E-state index contributed by atoms with van der Waals surface area (Å²) in [7, 11) is -0.717. The normalized spacial score (nSPS) is 12.1. The van der Waals surface area contributed by atoms with E-state index in [1.807, 2.05) is 12.1 Å². The Kier molecular flexibility index (Phi) is 9.15. The molecule has 0 saturated heterocycles. The van der Waals surface area contributed by atoms with Crippen molar-refractivity contribution in [2.45, 2.75) is 19.1 Å². The van der Waals surface area contributed by atoms with Crippen molar-refractivity contribution in [3.05, 3.63) is 95.8 Å². The van der Waals surface area contributed by atoms with Gasteiger partial charge in [0.05, 0.1) is 19.9 Å². The van der Waals surface area contributed by atoms with Crippen molar-refractivity contribution in [3.8, 4) is 5.75 Å². The number of rotatable bonds is 11. The molecule has 2 amide bonds. The van der Waals surface area contributed by atoms with Gasteiger partial charge >= 0.3 is 0 Å². The Labute approximate surface area is 211 Å². The molecular weight excluding hydrogens is 480 g/mol. The fourth-order valence-corrected chi connectivity index (χ4v) is 3.89. The first-order valence-electron chi connectivity index (χ1n) is 11.2. The standard InChI is InChI=1S/C26H30N4O5S/c1-29(36(3,33)34)19-24(31)30(18-20-11-13-23(35-2)14-12-20)25(22-9-5-4-6-10-22)26(32)28-17-21-8-7-15-27-16-21/h4-16,25H,17-19H2,1-3H3,(H,28,32)/t25-/m0/s1. The lowest BCUT2D eigenvalue weighted by atomic mass is 10.0. The summed E-state index contributed by atoms with van der Waals surface area (Å²) in [5, 5.41) is 2.90. The van der Waals surface area contributed by atoms with Gasteiger partial charge in [-0.1, -0.05) is 48.5 Å². The van der Waals surface area contributed by atoms with E-state index < -0.39 is 34.4 Å². The number of aromatic nitrogens is 1. The summed E-state index contributed by atoms with van der Waals surface area (Å²) >= 11 is 0. The Hall–Kier alpha value is -3.76. The van der Waals surface area contributed by atoms with E-state index in [0.29, 0.717) is 11.3 Å². The molecule has 2 aromatic carbocycles. The molecule has 0 radical (unpaired) electrons. The number of pyridine rings is 1. The van der Waals surface area contributed by atoms with Crippen molar-refractivity contribution in [3.63, 3.8) is 0 Å². The monoisotopic (exact) mass is 510 g/mol. The average molecular weight is 511 g/mol. The topological polar surface area (TPSA) is 109 Å². The highest BCUT2D eigenvalue weighted by atomic mass is 32.2. The molecule has 36 heavy (non-hydrogen) atoms. The van der Waals surface area contributed by atoms with Gasteiger partial charge in [0.2, 0.25) is 21.8 Å². The Morgan fingerprint density at radius 2 is 1.69 bits per heavy atom. The van der Waals surface area contributed by atoms with Gasteiger partial charge in [-0.25, -0.2) is 8.42 Å². The molecule has 0 saturated carbocycles. The summed E-state index contributed by atoms with van der Waals surface area (Å²) in [6.07, 6.45) is 4.33. The highest BCUT2D eigenvalue weighted by molar-refractivity contribution is 7.88. The van der Waals surface area contributed by atoms with Crippen LogP contribution in [0.2, 0.25) is 0 Å². The summed E-state index contributed by atoms with van der Waals surface area (Å²) in [6, 6.07) is 18.7. The molecule has 10 heteroatoms. The molecule has 0 bridgehead atoms. The first kappa shape index (κ1) is 26.8. The number of benzene rings is 2. The molecule has 3 aromatic rings. The highest BCUT2D eigenvalue weighted by Crippen LogP contribution is 2.25. The van der Waals surface area contributed by atoms with Crippen molar-refractivity contribution in [1.82, 2.24) is 19.5 Å². The van der Waals surface area contributed by atoms with Crippen molar-refractivity contribution >= 4 is 21.8 Å². The Balaban J connectivity index is 1.97. The fourth-order valence-electron chi connectivity index (χ4n) is 3.55. The number of nitrogens with one attached hydrogen (secondary N) is 1. The SMILES string of the molecule is COc1ccc(CN(C(=O)CN(C)S(C)(=O)=O)[C@H](C(=O)NCc2cccnc2)c2ccccc2)cc1. The van der Waals surface area contributed by atoms with Crippen molar-refractivity contribution in [2.24, 2.45) is 0 Å². The van der Waals surface area contributed by atoms with E-state index in [-0.39, 0.29) is 13.1 Å². The number of methoxy groups -OCH3 is 1. The Morgan fingerprint density at radius 1 is 1.00 bits per heavy atom. The van der Waals surface area contributed by atoms with E-state index in [0.717, 1.165) is 21.7 Å². The predicted octanol–water partition coefficient (Wildman–Crippen LogP) is 2.37. The number of sulfonamides is 1. The van der Waals surface area contributed by atoms with Gasteiger partial charge in [0, 0.05) is 32.5 Å². The Morgan fingerprint density at radius 3 is 2.28 bits per heavy atom. The quantitative estimate of drug-likeness (QED) is 0.424. The van der Waals surface area contributed by atoms with Crippen LogP contribution >= 0.6 is 0 Å². The van der Waals surface area contributed by atoms with Crippen LogP contribution in [0.4, 0.5) is 0 Å². The van der Waals surface area contributed by atoms with E-state index in [1.54, 1.807) is 74.1 Å². The van der Waals surface area contributed by atoms with Crippen molar-refractivity contribution in [2.75, 3.05) is 27.0 Å². The maximum Gasteiger partial charge on any atom is 0.247 e. The first-order valence-corrected chi connectivity index (χ1v) is 13.1. The Bertz CT molecular complexity index is 1250. The lowest BCUT2D eigenvalue weighted by Gasteiger charge is -2.32. The lowest BCUT2D eigenvalue weighted by molar-refractivity contribution is -0.141. The predicted molar refractivity (Wildman–Crippen MR) is 136 cm³/mol. The molecule has 0 aliphatic rings. The highest BCUT2D eigenvalue weighted by Gasteiger charge is 2.32. The molecule has 0 aliphatic heterocycles. The third kappa shape index (κ3) is 7.37. The van der Waals surface area contributed by atoms with Crippen LogP contribution in [0, 0.1) is 0 Å². The van der Waals surface area contributed by atoms with Crippen LogP contribution in [0.1, 0.15) is 22.7 Å². The van der Waals surface area contributed by atoms with Crippen LogP contribution in [-0.4, -0.2) is 61.4 Å².